The van der Waals surface area contributed by atoms with E-state index < -0.39 is 32.7 Å². The van der Waals surface area contributed by atoms with Crippen molar-refractivity contribution in [2.75, 3.05) is 13.1 Å². The summed E-state index contributed by atoms with van der Waals surface area (Å²) in [6.45, 7) is 0.514. The highest BCUT2D eigenvalue weighted by Crippen LogP contribution is 2.34. The van der Waals surface area contributed by atoms with E-state index in [1.807, 2.05) is 0 Å². The molecule has 11 heteroatoms. The maximum atomic E-state index is 13.1. The molecule has 0 saturated carbocycles. The summed E-state index contributed by atoms with van der Waals surface area (Å²) >= 11 is 5.79. The number of amides is 1. The predicted molar refractivity (Wildman–Crippen MR) is 99.9 cm³/mol. The Kier molecular flexibility index (Phi) is 6.16. The van der Waals surface area contributed by atoms with Gasteiger partial charge in [0.05, 0.1) is 10.5 Å². The van der Waals surface area contributed by atoms with Gasteiger partial charge in [-0.15, -0.1) is 0 Å². The van der Waals surface area contributed by atoms with Crippen LogP contribution in [0.25, 0.3) is 0 Å². The fourth-order valence-corrected chi connectivity index (χ4v) is 4.84. The number of nitrogens with zero attached hydrogens (tertiary/aromatic N) is 2. The van der Waals surface area contributed by atoms with E-state index in [2.05, 4.69) is 9.71 Å². The van der Waals surface area contributed by atoms with Gasteiger partial charge in [-0.1, -0.05) is 23.7 Å². The summed E-state index contributed by atoms with van der Waals surface area (Å²) in [7, 11) is -4.37. The molecule has 29 heavy (non-hydrogen) atoms. The zero-order valence-corrected chi connectivity index (χ0v) is 16.6. The largest absolute Gasteiger partial charge is 0.417 e. The van der Waals surface area contributed by atoms with Crippen LogP contribution < -0.4 is 4.72 Å². The summed E-state index contributed by atoms with van der Waals surface area (Å²) in [5.41, 5.74) is -0.849. The van der Waals surface area contributed by atoms with Crippen molar-refractivity contribution in [3.8, 4) is 0 Å². The van der Waals surface area contributed by atoms with Crippen LogP contribution >= 0.6 is 11.6 Å². The van der Waals surface area contributed by atoms with Gasteiger partial charge in [0.2, 0.25) is 10.0 Å². The molecule has 0 spiro atoms. The highest BCUT2D eigenvalue weighted by molar-refractivity contribution is 7.89. The molecule has 2 aromatic rings. The van der Waals surface area contributed by atoms with E-state index >= 15 is 0 Å². The maximum Gasteiger partial charge on any atom is 0.417 e. The monoisotopic (exact) mass is 447 g/mol. The van der Waals surface area contributed by atoms with Gasteiger partial charge in [-0.3, -0.25) is 4.79 Å². The summed E-state index contributed by atoms with van der Waals surface area (Å²) < 4.78 is 66.8. The van der Waals surface area contributed by atoms with Crippen molar-refractivity contribution in [1.29, 1.82) is 0 Å². The first-order valence-corrected chi connectivity index (χ1v) is 10.5. The molecule has 1 N–H and O–H groups in total. The molecule has 2 heterocycles. The Hall–Kier alpha value is -2.17. The molecule has 1 aromatic carbocycles. The Balaban J connectivity index is 1.67. The lowest BCUT2D eigenvalue weighted by Gasteiger charge is -2.32. The number of carbonyl (C=O) groups is 1. The van der Waals surface area contributed by atoms with Gasteiger partial charge in [0.1, 0.15) is 5.15 Å². The second kappa shape index (κ2) is 8.29. The van der Waals surface area contributed by atoms with E-state index in [1.165, 1.54) is 24.4 Å². The summed E-state index contributed by atoms with van der Waals surface area (Å²) in [6.07, 6.45) is -2.82. The molecule has 1 aromatic heterocycles. The minimum atomic E-state index is -4.78. The lowest BCUT2D eigenvalue weighted by Crippen LogP contribution is -2.46. The van der Waals surface area contributed by atoms with Crippen molar-refractivity contribution in [2.24, 2.45) is 0 Å². The third-order valence-electron chi connectivity index (χ3n) is 4.56. The number of rotatable bonds is 4. The molecule has 3 rings (SSSR count). The molecule has 0 radical (unpaired) electrons. The molecular weight excluding hydrogens is 431 g/mol. The second-order valence-corrected chi connectivity index (χ2v) is 8.62. The lowest BCUT2D eigenvalue weighted by atomic mass is 10.1. The highest BCUT2D eigenvalue weighted by atomic mass is 35.5. The molecule has 1 aliphatic rings. The number of piperidine rings is 1. The van der Waals surface area contributed by atoms with Gasteiger partial charge in [-0.2, -0.15) is 13.2 Å². The molecule has 156 valence electrons. The van der Waals surface area contributed by atoms with E-state index in [1.54, 1.807) is 4.90 Å². The van der Waals surface area contributed by atoms with Crippen LogP contribution in [0.5, 0.6) is 0 Å². The van der Waals surface area contributed by atoms with E-state index in [0.717, 1.165) is 18.2 Å². The molecule has 1 saturated heterocycles. The van der Waals surface area contributed by atoms with E-state index in [4.69, 9.17) is 11.6 Å². The topological polar surface area (TPSA) is 79.4 Å². The standard InChI is InChI=1S/C18H17ClF3N3O3S/c19-16-11-12(5-8-23-16)17(26)25-9-6-13(7-10-25)24-29(27,28)15-4-2-1-3-14(15)18(20,21)22/h1-5,8,11,13,24H,6-7,9-10H2. The molecule has 0 atom stereocenters. The van der Waals surface area contributed by atoms with Crippen LogP contribution in [-0.2, 0) is 16.2 Å². The molecule has 1 amide bonds. The van der Waals surface area contributed by atoms with Gasteiger partial charge >= 0.3 is 6.18 Å². The van der Waals surface area contributed by atoms with Gasteiger partial charge < -0.3 is 4.90 Å². The lowest BCUT2D eigenvalue weighted by molar-refractivity contribution is -0.139. The van der Waals surface area contributed by atoms with Crippen LogP contribution in [0.1, 0.15) is 28.8 Å². The van der Waals surface area contributed by atoms with Crippen molar-refractivity contribution < 1.29 is 26.4 Å². The van der Waals surface area contributed by atoms with Crippen LogP contribution in [0.4, 0.5) is 13.2 Å². The number of alkyl halides is 3. The minimum absolute atomic E-state index is 0.182. The first kappa shape index (κ1) is 21.5. The molecular formula is C18H17ClF3N3O3S. The number of halogens is 4. The number of aromatic nitrogens is 1. The Bertz CT molecular complexity index is 1010. The van der Waals surface area contributed by atoms with Gasteiger partial charge in [0, 0.05) is 30.9 Å². The number of hydrogen-bond donors (Lipinski definition) is 1. The fourth-order valence-electron chi connectivity index (χ4n) is 3.14. The third-order valence-corrected chi connectivity index (χ3v) is 6.34. The molecule has 1 fully saturated rings. The number of pyridine rings is 1. The summed E-state index contributed by atoms with van der Waals surface area (Å²) in [6, 6.07) is 6.42. The van der Waals surface area contributed by atoms with Crippen molar-refractivity contribution in [1.82, 2.24) is 14.6 Å². The number of sulfonamides is 1. The van der Waals surface area contributed by atoms with Crippen LogP contribution in [0.3, 0.4) is 0 Å². The SMILES string of the molecule is O=C(c1ccnc(Cl)c1)N1CCC(NS(=O)(=O)c2ccccc2C(F)(F)F)CC1. The quantitative estimate of drug-likeness (QED) is 0.729. The Morgan fingerprint density at radius 2 is 1.83 bits per heavy atom. The zero-order valence-electron chi connectivity index (χ0n) is 15.0. The van der Waals surface area contributed by atoms with Gasteiger partial charge in [0.15, 0.2) is 0 Å². The Morgan fingerprint density at radius 1 is 1.17 bits per heavy atom. The molecule has 0 unspecified atom stereocenters. The summed E-state index contributed by atoms with van der Waals surface area (Å²) in [5.74, 6) is -0.266. The van der Waals surface area contributed by atoms with Crippen molar-refractivity contribution >= 4 is 27.5 Å². The fraction of sp³-hybridized carbons (Fsp3) is 0.333. The summed E-state index contributed by atoms with van der Waals surface area (Å²) in [4.78, 5) is 17.0. The maximum absolute atomic E-state index is 13.1. The first-order chi connectivity index (χ1) is 13.6. The highest BCUT2D eigenvalue weighted by Gasteiger charge is 2.37. The average molecular weight is 448 g/mol. The molecule has 0 bridgehead atoms. The van der Waals surface area contributed by atoms with E-state index in [9.17, 15) is 26.4 Å². The van der Waals surface area contributed by atoms with Gasteiger partial charge in [0.25, 0.3) is 5.91 Å². The number of nitrogens with one attached hydrogen (secondary N) is 1. The smallest absolute Gasteiger partial charge is 0.339 e. The van der Waals surface area contributed by atoms with Crippen LogP contribution in [0, 0.1) is 0 Å². The average Bonchev–Trinajstić information content (AvgIpc) is 2.67. The van der Waals surface area contributed by atoms with Crippen LogP contribution in [0.15, 0.2) is 47.5 Å². The number of hydrogen-bond acceptors (Lipinski definition) is 4. The van der Waals surface area contributed by atoms with Crippen LogP contribution in [-0.4, -0.2) is 43.3 Å². The molecule has 0 aliphatic carbocycles. The number of likely N-dealkylation sites (tertiary alicyclic amines) is 1. The number of carbonyl (C=O) groups excluding carboxylic acids is 1. The predicted octanol–water partition coefficient (Wildman–Crippen LogP) is 3.34. The molecule has 1 aliphatic heterocycles. The van der Waals surface area contributed by atoms with Crippen molar-refractivity contribution in [3.05, 3.63) is 58.9 Å². The van der Waals surface area contributed by atoms with Crippen molar-refractivity contribution in [2.45, 2.75) is 30.0 Å². The van der Waals surface area contributed by atoms with Crippen molar-refractivity contribution in [3.63, 3.8) is 0 Å². The Morgan fingerprint density at radius 3 is 2.45 bits per heavy atom. The second-order valence-electron chi connectivity index (χ2n) is 6.55. The zero-order chi connectivity index (χ0) is 21.2. The van der Waals surface area contributed by atoms with E-state index in [-0.39, 0.29) is 37.0 Å². The third kappa shape index (κ3) is 5.06. The normalized spacial score (nSPS) is 16.1. The molecule has 6 nitrogen and oxygen atoms in total. The Labute approximate surface area is 170 Å². The summed E-state index contributed by atoms with van der Waals surface area (Å²) in [5, 5.41) is 0.182. The minimum Gasteiger partial charge on any atom is -0.339 e. The first-order valence-electron chi connectivity index (χ1n) is 8.67. The van der Waals surface area contributed by atoms with E-state index in [0.29, 0.717) is 5.56 Å². The van der Waals surface area contributed by atoms with Gasteiger partial charge in [-0.25, -0.2) is 18.1 Å². The van der Waals surface area contributed by atoms with Crippen LogP contribution in [0.2, 0.25) is 5.15 Å². The number of benzene rings is 1. The van der Waals surface area contributed by atoms with Gasteiger partial charge in [-0.05, 0) is 37.1 Å².